The molecule has 1 aromatic carbocycles. The van der Waals surface area contributed by atoms with E-state index in [0.717, 1.165) is 16.6 Å². The van der Waals surface area contributed by atoms with Crippen molar-refractivity contribution >= 4 is 15.9 Å². The molecule has 13 heavy (non-hydrogen) atoms. The summed E-state index contributed by atoms with van der Waals surface area (Å²) in [7, 11) is 1.69. The van der Waals surface area contributed by atoms with Crippen molar-refractivity contribution in [3.8, 4) is 5.75 Å². The van der Waals surface area contributed by atoms with Gasteiger partial charge in [-0.3, -0.25) is 0 Å². The maximum atomic E-state index is 5.22. The minimum atomic E-state index is 0.686. The van der Waals surface area contributed by atoms with Crippen LogP contribution in [0.15, 0.2) is 22.7 Å². The third-order valence-corrected chi connectivity index (χ3v) is 2.51. The number of methoxy groups -OCH3 is 1. The monoisotopic (exact) mass is 242 g/mol. The van der Waals surface area contributed by atoms with Gasteiger partial charge in [0.15, 0.2) is 0 Å². The summed E-state index contributed by atoms with van der Waals surface area (Å²) in [5, 5.41) is 0. The van der Waals surface area contributed by atoms with Gasteiger partial charge in [0.05, 0.1) is 11.6 Å². The van der Waals surface area contributed by atoms with Crippen LogP contribution in [-0.4, -0.2) is 7.11 Å². The highest BCUT2D eigenvalue weighted by Gasteiger charge is 2.02. The predicted octanol–water partition coefficient (Wildman–Crippen LogP) is 3.66. The van der Waals surface area contributed by atoms with Crippen LogP contribution in [0.2, 0.25) is 0 Å². The number of rotatable bonds is 3. The molecule has 0 fully saturated rings. The molecule has 0 aliphatic rings. The molecule has 0 atom stereocenters. The van der Waals surface area contributed by atoms with Crippen LogP contribution in [0.5, 0.6) is 5.75 Å². The van der Waals surface area contributed by atoms with Gasteiger partial charge in [-0.25, -0.2) is 0 Å². The molecule has 0 saturated heterocycles. The molecule has 0 saturated carbocycles. The van der Waals surface area contributed by atoms with Crippen molar-refractivity contribution in [2.45, 2.75) is 20.3 Å². The van der Waals surface area contributed by atoms with Crippen LogP contribution >= 0.6 is 15.9 Å². The Hall–Kier alpha value is -0.500. The summed E-state index contributed by atoms with van der Waals surface area (Å²) in [6, 6.07) is 6.26. The Kier molecular flexibility index (Phi) is 3.79. The first-order valence-electron chi connectivity index (χ1n) is 4.46. The van der Waals surface area contributed by atoms with Crippen molar-refractivity contribution in [3.05, 3.63) is 28.2 Å². The van der Waals surface area contributed by atoms with Gasteiger partial charge in [0.25, 0.3) is 0 Å². The van der Waals surface area contributed by atoms with E-state index in [4.69, 9.17) is 4.74 Å². The Bertz CT molecular complexity index is 281. The van der Waals surface area contributed by atoms with E-state index in [1.165, 1.54) is 5.56 Å². The fourth-order valence-electron chi connectivity index (χ4n) is 1.30. The fourth-order valence-corrected chi connectivity index (χ4v) is 1.71. The van der Waals surface area contributed by atoms with Crippen LogP contribution in [0.4, 0.5) is 0 Å². The Morgan fingerprint density at radius 2 is 2.08 bits per heavy atom. The van der Waals surface area contributed by atoms with Crippen LogP contribution in [0.1, 0.15) is 19.4 Å². The lowest BCUT2D eigenvalue weighted by Crippen LogP contribution is -1.94. The van der Waals surface area contributed by atoms with Gasteiger partial charge in [0, 0.05) is 0 Å². The third kappa shape index (κ3) is 3.03. The quantitative estimate of drug-likeness (QED) is 0.787. The standard InChI is InChI=1S/C11H15BrO/c1-8(2)6-9-4-5-10(12)11(7-9)13-3/h4-5,7-8H,6H2,1-3H3. The highest BCUT2D eigenvalue weighted by atomic mass is 79.9. The predicted molar refractivity (Wildman–Crippen MR) is 59.2 cm³/mol. The zero-order chi connectivity index (χ0) is 9.84. The number of halogens is 1. The first-order chi connectivity index (χ1) is 6.13. The van der Waals surface area contributed by atoms with E-state index in [9.17, 15) is 0 Å². The molecule has 0 spiro atoms. The van der Waals surface area contributed by atoms with Crippen LogP contribution in [0.3, 0.4) is 0 Å². The van der Waals surface area contributed by atoms with Gasteiger partial charge in [-0.05, 0) is 46.0 Å². The molecular formula is C11H15BrO. The second kappa shape index (κ2) is 4.66. The molecule has 0 heterocycles. The smallest absolute Gasteiger partial charge is 0.133 e. The minimum Gasteiger partial charge on any atom is -0.496 e. The van der Waals surface area contributed by atoms with E-state index in [0.29, 0.717) is 5.92 Å². The van der Waals surface area contributed by atoms with E-state index >= 15 is 0 Å². The Labute approximate surface area is 88.2 Å². The van der Waals surface area contributed by atoms with E-state index in [1.54, 1.807) is 7.11 Å². The van der Waals surface area contributed by atoms with Crippen LogP contribution in [-0.2, 0) is 6.42 Å². The highest BCUT2D eigenvalue weighted by Crippen LogP contribution is 2.26. The van der Waals surface area contributed by atoms with Crippen molar-refractivity contribution in [2.75, 3.05) is 7.11 Å². The van der Waals surface area contributed by atoms with Gasteiger partial charge in [-0.15, -0.1) is 0 Å². The summed E-state index contributed by atoms with van der Waals surface area (Å²) in [6.45, 7) is 4.43. The first-order valence-corrected chi connectivity index (χ1v) is 5.25. The number of benzene rings is 1. The lowest BCUT2D eigenvalue weighted by Gasteiger charge is -2.08. The summed E-state index contributed by atoms with van der Waals surface area (Å²) in [5.74, 6) is 1.60. The van der Waals surface area contributed by atoms with Crippen LogP contribution in [0.25, 0.3) is 0 Å². The lowest BCUT2D eigenvalue weighted by molar-refractivity contribution is 0.411. The normalized spacial score (nSPS) is 10.5. The molecule has 1 nitrogen and oxygen atoms in total. The molecule has 0 N–H and O–H groups in total. The Morgan fingerprint density at radius 3 is 2.62 bits per heavy atom. The topological polar surface area (TPSA) is 9.23 Å². The summed E-state index contributed by atoms with van der Waals surface area (Å²) in [4.78, 5) is 0. The van der Waals surface area contributed by atoms with Crippen LogP contribution < -0.4 is 4.74 Å². The molecule has 0 aliphatic carbocycles. The van der Waals surface area contributed by atoms with E-state index in [1.807, 2.05) is 6.07 Å². The average molecular weight is 243 g/mol. The van der Waals surface area contributed by atoms with Crippen molar-refractivity contribution in [2.24, 2.45) is 5.92 Å². The molecular weight excluding hydrogens is 228 g/mol. The molecule has 0 radical (unpaired) electrons. The molecule has 2 heteroatoms. The van der Waals surface area contributed by atoms with Gasteiger partial charge < -0.3 is 4.74 Å². The van der Waals surface area contributed by atoms with E-state index in [2.05, 4.69) is 41.9 Å². The summed E-state index contributed by atoms with van der Waals surface area (Å²) < 4.78 is 6.24. The Morgan fingerprint density at radius 1 is 1.38 bits per heavy atom. The van der Waals surface area contributed by atoms with Crippen molar-refractivity contribution in [1.82, 2.24) is 0 Å². The first kappa shape index (κ1) is 10.6. The zero-order valence-corrected chi connectivity index (χ0v) is 9.89. The van der Waals surface area contributed by atoms with Gasteiger partial charge in [-0.2, -0.15) is 0 Å². The second-order valence-electron chi connectivity index (χ2n) is 3.57. The number of ether oxygens (including phenoxy) is 1. The molecule has 1 aromatic rings. The summed E-state index contributed by atoms with van der Waals surface area (Å²) in [5.41, 5.74) is 1.33. The molecule has 0 unspecified atom stereocenters. The average Bonchev–Trinajstić information content (AvgIpc) is 2.07. The lowest BCUT2D eigenvalue weighted by atomic mass is 10.0. The van der Waals surface area contributed by atoms with Gasteiger partial charge in [0.1, 0.15) is 5.75 Å². The van der Waals surface area contributed by atoms with E-state index in [-0.39, 0.29) is 0 Å². The van der Waals surface area contributed by atoms with E-state index < -0.39 is 0 Å². The zero-order valence-electron chi connectivity index (χ0n) is 8.30. The minimum absolute atomic E-state index is 0.686. The maximum Gasteiger partial charge on any atom is 0.133 e. The summed E-state index contributed by atoms with van der Waals surface area (Å²) >= 11 is 3.43. The largest absolute Gasteiger partial charge is 0.496 e. The number of hydrogen-bond acceptors (Lipinski definition) is 1. The van der Waals surface area contributed by atoms with Gasteiger partial charge >= 0.3 is 0 Å². The van der Waals surface area contributed by atoms with Crippen LogP contribution in [0, 0.1) is 5.92 Å². The third-order valence-electron chi connectivity index (χ3n) is 1.86. The van der Waals surface area contributed by atoms with Gasteiger partial charge in [0.2, 0.25) is 0 Å². The molecule has 1 rings (SSSR count). The van der Waals surface area contributed by atoms with Crippen molar-refractivity contribution in [1.29, 1.82) is 0 Å². The van der Waals surface area contributed by atoms with Gasteiger partial charge in [-0.1, -0.05) is 19.9 Å². The van der Waals surface area contributed by atoms with Crippen molar-refractivity contribution in [3.63, 3.8) is 0 Å². The number of hydrogen-bond donors (Lipinski definition) is 0. The Balaban J connectivity index is 2.86. The maximum absolute atomic E-state index is 5.22. The molecule has 0 aromatic heterocycles. The molecule has 0 aliphatic heterocycles. The highest BCUT2D eigenvalue weighted by molar-refractivity contribution is 9.10. The molecule has 0 amide bonds. The second-order valence-corrected chi connectivity index (χ2v) is 4.42. The molecule has 0 bridgehead atoms. The fraction of sp³-hybridized carbons (Fsp3) is 0.455. The summed E-state index contributed by atoms with van der Waals surface area (Å²) in [6.07, 6.45) is 1.10. The van der Waals surface area contributed by atoms with Crippen molar-refractivity contribution < 1.29 is 4.74 Å². The SMILES string of the molecule is COc1cc(CC(C)C)ccc1Br. The molecule has 72 valence electrons.